The fraction of sp³-hybridized carbons (Fsp3) is 0.286. The number of rotatable bonds is 5. The molecule has 0 bridgehead atoms. The minimum absolute atomic E-state index is 0.0566. The Morgan fingerprint density at radius 3 is 2.33 bits per heavy atom. The fourth-order valence-corrected chi connectivity index (χ4v) is 3.10. The maximum atomic E-state index is 12.5. The molecule has 1 N–H and O–H groups in total. The summed E-state index contributed by atoms with van der Waals surface area (Å²) in [5.74, 6) is -0.0541. The Morgan fingerprint density at radius 1 is 0.963 bits per heavy atom. The van der Waals surface area contributed by atoms with E-state index in [1.807, 2.05) is 35.2 Å². The van der Waals surface area contributed by atoms with Crippen LogP contribution < -0.4 is 5.32 Å². The molecule has 0 saturated carbocycles. The molecule has 6 heteroatoms. The SMILES string of the molecule is N#Cc1ccccc1NC(=O)CCN1CCN(C(=O)c2ccccc2)CC1. The fourth-order valence-electron chi connectivity index (χ4n) is 3.10. The van der Waals surface area contributed by atoms with Gasteiger partial charge < -0.3 is 10.2 Å². The molecular weight excluding hydrogens is 340 g/mol. The summed E-state index contributed by atoms with van der Waals surface area (Å²) in [6, 6.07) is 18.3. The summed E-state index contributed by atoms with van der Waals surface area (Å²) in [6.45, 7) is 3.45. The molecule has 0 atom stereocenters. The second kappa shape index (κ2) is 8.97. The van der Waals surface area contributed by atoms with Gasteiger partial charge in [-0.3, -0.25) is 14.5 Å². The molecule has 6 nitrogen and oxygen atoms in total. The Hall–Kier alpha value is -3.17. The Labute approximate surface area is 159 Å². The number of amides is 2. The zero-order valence-electron chi connectivity index (χ0n) is 15.1. The molecule has 3 rings (SSSR count). The molecule has 0 spiro atoms. The molecule has 1 fully saturated rings. The van der Waals surface area contributed by atoms with E-state index in [0.29, 0.717) is 42.9 Å². The van der Waals surface area contributed by atoms with Crippen LogP contribution in [0.3, 0.4) is 0 Å². The lowest BCUT2D eigenvalue weighted by molar-refractivity contribution is -0.116. The van der Waals surface area contributed by atoms with Gasteiger partial charge in [-0.05, 0) is 24.3 Å². The first-order chi connectivity index (χ1) is 13.2. The van der Waals surface area contributed by atoms with Crippen LogP contribution in [0, 0.1) is 11.3 Å². The average Bonchev–Trinajstić information content (AvgIpc) is 2.73. The molecule has 1 aliphatic rings. The second-order valence-electron chi connectivity index (χ2n) is 6.46. The maximum Gasteiger partial charge on any atom is 0.253 e. The van der Waals surface area contributed by atoms with Gasteiger partial charge in [-0.2, -0.15) is 5.26 Å². The van der Waals surface area contributed by atoms with E-state index in [2.05, 4.69) is 16.3 Å². The smallest absolute Gasteiger partial charge is 0.253 e. The average molecular weight is 362 g/mol. The molecule has 27 heavy (non-hydrogen) atoms. The van der Waals surface area contributed by atoms with Crippen molar-refractivity contribution in [2.45, 2.75) is 6.42 Å². The van der Waals surface area contributed by atoms with Gasteiger partial charge in [0.05, 0.1) is 11.3 Å². The number of carbonyl (C=O) groups excluding carboxylic acids is 2. The number of carbonyl (C=O) groups is 2. The Kier molecular flexibility index (Phi) is 6.18. The largest absolute Gasteiger partial charge is 0.336 e. The lowest BCUT2D eigenvalue weighted by atomic mass is 10.1. The Morgan fingerprint density at radius 2 is 1.63 bits per heavy atom. The van der Waals surface area contributed by atoms with Crippen LogP contribution in [0.1, 0.15) is 22.3 Å². The number of nitrogens with zero attached hydrogens (tertiary/aromatic N) is 3. The number of para-hydroxylation sites is 1. The quantitative estimate of drug-likeness (QED) is 0.886. The normalized spacial score (nSPS) is 14.4. The second-order valence-corrected chi connectivity index (χ2v) is 6.46. The van der Waals surface area contributed by atoms with Crippen LogP contribution in [0.2, 0.25) is 0 Å². The topological polar surface area (TPSA) is 76.4 Å². The zero-order valence-corrected chi connectivity index (χ0v) is 15.1. The van der Waals surface area contributed by atoms with Crippen molar-refractivity contribution in [3.05, 3.63) is 65.7 Å². The van der Waals surface area contributed by atoms with Gasteiger partial charge in [-0.1, -0.05) is 30.3 Å². The summed E-state index contributed by atoms with van der Waals surface area (Å²) < 4.78 is 0. The van der Waals surface area contributed by atoms with Crippen molar-refractivity contribution in [2.75, 3.05) is 38.0 Å². The highest BCUT2D eigenvalue weighted by Crippen LogP contribution is 2.14. The van der Waals surface area contributed by atoms with Gasteiger partial charge in [0, 0.05) is 44.7 Å². The highest BCUT2D eigenvalue weighted by atomic mass is 16.2. The maximum absolute atomic E-state index is 12.5. The van der Waals surface area contributed by atoms with Gasteiger partial charge in [0.2, 0.25) is 5.91 Å². The minimum Gasteiger partial charge on any atom is -0.336 e. The summed E-state index contributed by atoms with van der Waals surface area (Å²) >= 11 is 0. The monoisotopic (exact) mass is 362 g/mol. The van der Waals surface area contributed by atoms with Crippen molar-refractivity contribution in [1.82, 2.24) is 9.80 Å². The van der Waals surface area contributed by atoms with Crippen LogP contribution in [-0.4, -0.2) is 54.3 Å². The van der Waals surface area contributed by atoms with Crippen LogP contribution in [0.5, 0.6) is 0 Å². The summed E-state index contributed by atoms with van der Waals surface area (Å²) in [4.78, 5) is 28.7. The van der Waals surface area contributed by atoms with E-state index in [1.54, 1.807) is 24.3 Å². The van der Waals surface area contributed by atoms with E-state index in [9.17, 15) is 9.59 Å². The van der Waals surface area contributed by atoms with Crippen LogP contribution in [-0.2, 0) is 4.79 Å². The van der Waals surface area contributed by atoms with Gasteiger partial charge >= 0.3 is 0 Å². The molecule has 0 unspecified atom stereocenters. The van der Waals surface area contributed by atoms with Crippen molar-refractivity contribution < 1.29 is 9.59 Å². The number of benzene rings is 2. The molecule has 2 aromatic carbocycles. The predicted octanol–water partition coefficient (Wildman–Crippen LogP) is 2.34. The van der Waals surface area contributed by atoms with E-state index in [0.717, 1.165) is 13.1 Å². The summed E-state index contributed by atoms with van der Waals surface area (Å²) in [5.41, 5.74) is 1.71. The number of anilines is 1. The van der Waals surface area contributed by atoms with Gasteiger partial charge in [-0.15, -0.1) is 0 Å². The lowest BCUT2D eigenvalue weighted by Crippen LogP contribution is -2.49. The van der Waals surface area contributed by atoms with Crippen LogP contribution in [0.25, 0.3) is 0 Å². The predicted molar refractivity (Wildman–Crippen MR) is 103 cm³/mol. The molecule has 1 aliphatic heterocycles. The van der Waals surface area contributed by atoms with E-state index < -0.39 is 0 Å². The summed E-state index contributed by atoms with van der Waals surface area (Å²) in [5, 5.41) is 11.9. The standard InChI is InChI=1S/C21H22N4O2/c22-16-18-8-4-5-9-19(18)23-20(26)10-11-24-12-14-25(15-13-24)21(27)17-6-2-1-3-7-17/h1-9H,10-15H2,(H,23,26). The number of nitrogens with one attached hydrogen (secondary N) is 1. The van der Waals surface area contributed by atoms with Crippen LogP contribution in [0.4, 0.5) is 5.69 Å². The van der Waals surface area contributed by atoms with E-state index in [4.69, 9.17) is 5.26 Å². The summed E-state index contributed by atoms with van der Waals surface area (Å²) in [7, 11) is 0. The minimum atomic E-state index is -0.111. The number of nitriles is 1. The van der Waals surface area contributed by atoms with E-state index in [1.165, 1.54) is 0 Å². The molecule has 0 aromatic heterocycles. The van der Waals surface area contributed by atoms with Gasteiger partial charge in [0.25, 0.3) is 5.91 Å². The van der Waals surface area contributed by atoms with Crippen molar-refractivity contribution in [1.29, 1.82) is 5.26 Å². The van der Waals surface area contributed by atoms with Gasteiger partial charge in [-0.25, -0.2) is 0 Å². The van der Waals surface area contributed by atoms with E-state index in [-0.39, 0.29) is 11.8 Å². The first-order valence-electron chi connectivity index (χ1n) is 9.03. The molecule has 1 saturated heterocycles. The number of piperazine rings is 1. The van der Waals surface area contributed by atoms with Crippen molar-refractivity contribution >= 4 is 17.5 Å². The van der Waals surface area contributed by atoms with Crippen LogP contribution in [0.15, 0.2) is 54.6 Å². The third-order valence-electron chi connectivity index (χ3n) is 4.66. The Bertz CT molecular complexity index is 837. The first-order valence-corrected chi connectivity index (χ1v) is 9.03. The van der Waals surface area contributed by atoms with Crippen molar-refractivity contribution in [3.63, 3.8) is 0 Å². The Balaban J connectivity index is 1.44. The third-order valence-corrected chi connectivity index (χ3v) is 4.66. The molecular formula is C21H22N4O2. The van der Waals surface area contributed by atoms with Crippen LogP contribution >= 0.6 is 0 Å². The molecule has 0 radical (unpaired) electrons. The van der Waals surface area contributed by atoms with Crippen molar-refractivity contribution in [2.24, 2.45) is 0 Å². The third kappa shape index (κ3) is 4.93. The summed E-state index contributed by atoms with van der Waals surface area (Å²) in [6.07, 6.45) is 0.354. The van der Waals surface area contributed by atoms with E-state index >= 15 is 0 Å². The zero-order chi connectivity index (χ0) is 19.1. The van der Waals surface area contributed by atoms with Gasteiger partial charge in [0.1, 0.15) is 6.07 Å². The highest BCUT2D eigenvalue weighted by molar-refractivity contribution is 5.94. The number of hydrogen-bond donors (Lipinski definition) is 1. The van der Waals surface area contributed by atoms with Crippen molar-refractivity contribution in [3.8, 4) is 6.07 Å². The molecule has 2 amide bonds. The lowest BCUT2D eigenvalue weighted by Gasteiger charge is -2.34. The molecule has 2 aromatic rings. The molecule has 1 heterocycles. The molecule has 0 aliphatic carbocycles. The van der Waals surface area contributed by atoms with Gasteiger partial charge in [0.15, 0.2) is 0 Å². The first kappa shape index (κ1) is 18.6. The highest BCUT2D eigenvalue weighted by Gasteiger charge is 2.22. The molecule has 138 valence electrons. The number of hydrogen-bond acceptors (Lipinski definition) is 4.